The molecule has 1 aromatic heterocycles. The third-order valence-electron chi connectivity index (χ3n) is 3.95. The van der Waals surface area contributed by atoms with Gasteiger partial charge in [0.25, 0.3) is 5.56 Å². The number of rotatable bonds is 3. The summed E-state index contributed by atoms with van der Waals surface area (Å²) in [5, 5.41) is 6.31. The van der Waals surface area contributed by atoms with Crippen molar-refractivity contribution in [1.82, 2.24) is 10.3 Å². The van der Waals surface area contributed by atoms with Crippen molar-refractivity contribution in [3.8, 4) is 0 Å². The van der Waals surface area contributed by atoms with Gasteiger partial charge in [0.2, 0.25) is 0 Å². The summed E-state index contributed by atoms with van der Waals surface area (Å²) in [4.78, 5) is 26.1. The molecule has 2 aromatic rings. The van der Waals surface area contributed by atoms with E-state index in [9.17, 15) is 9.59 Å². The largest absolute Gasteiger partial charge is 0.371 e. The number of amides is 2. The van der Waals surface area contributed by atoms with Gasteiger partial charge >= 0.3 is 6.03 Å². The highest BCUT2D eigenvalue weighted by Gasteiger charge is 2.30. The van der Waals surface area contributed by atoms with Gasteiger partial charge in [0.15, 0.2) is 0 Å². The Hall–Kier alpha value is -2.31. The third-order valence-corrected chi connectivity index (χ3v) is 4.21. The second-order valence-corrected chi connectivity index (χ2v) is 6.17. The van der Waals surface area contributed by atoms with Crippen LogP contribution in [0.1, 0.15) is 23.7 Å². The Morgan fingerprint density at radius 1 is 1.33 bits per heavy atom. The molecule has 6 nitrogen and oxygen atoms in total. The van der Waals surface area contributed by atoms with Gasteiger partial charge in [-0.2, -0.15) is 0 Å². The number of hydrogen-bond donors (Lipinski definition) is 3. The van der Waals surface area contributed by atoms with Gasteiger partial charge < -0.3 is 20.4 Å². The summed E-state index contributed by atoms with van der Waals surface area (Å²) in [5.74, 6) is 0. The average Bonchev–Trinajstić information content (AvgIpc) is 2.99. The summed E-state index contributed by atoms with van der Waals surface area (Å²) in [6.45, 7) is 2.26. The van der Waals surface area contributed by atoms with Crippen molar-refractivity contribution in [2.75, 3.05) is 11.9 Å². The number of H-pyrrole nitrogens is 1. The molecule has 1 aromatic carbocycles. The topological polar surface area (TPSA) is 83.2 Å². The van der Waals surface area contributed by atoms with E-state index in [2.05, 4.69) is 15.6 Å². The molecule has 1 saturated heterocycles. The Morgan fingerprint density at radius 2 is 2.08 bits per heavy atom. The summed E-state index contributed by atoms with van der Waals surface area (Å²) in [7, 11) is 0. The molecule has 0 unspecified atom stereocenters. The van der Waals surface area contributed by atoms with Crippen molar-refractivity contribution in [3.05, 3.63) is 63.0 Å². The van der Waals surface area contributed by atoms with Gasteiger partial charge in [-0.15, -0.1) is 0 Å². The van der Waals surface area contributed by atoms with E-state index in [-0.39, 0.29) is 23.7 Å². The van der Waals surface area contributed by atoms with Crippen LogP contribution >= 0.6 is 11.6 Å². The fraction of sp³-hybridized carbons (Fsp3) is 0.294. The molecule has 2 heterocycles. The van der Waals surface area contributed by atoms with E-state index in [1.807, 2.05) is 12.1 Å². The number of aromatic amines is 1. The summed E-state index contributed by atoms with van der Waals surface area (Å²) < 4.78 is 5.74. The van der Waals surface area contributed by atoms with Crippen LogP contribution in [0.15, 0.2) is 41.3 Å². The predicted octanol–water partition coefficient (Wildman–Crippen LogP) is 2.99. The smallest absolute Gasteiger partial charge is 0.319 e. The fourth-order valence-corrected chi connectivity index (χ4v) is 2.85. The lowest BCUT2D eigenvalue weighted by molar-refractivity contribution is 0.100. The molecule has 2 amide bonds. The van der Waals surface area contributed by atoms with E-state index in [1.165, 1.54) is 6.20 Å². The molecule has 126 valence electrons. The molecule has 1 fully saturated rings. The second-order valence-electron chi connectivity index (χ2n) is 5.74. The van der Waals surface area contributed by atoms with E-state index >= 15 is 0 Å². The number of ether oxygens (including phenoxy) is 1. The highest BCUT2D eigenvalue weighted by Crippen LogP contribution is 2.30. The van der Waals surface area contributed by atoms with Crippen LogP contribution in [0.2, 0.25) is 5.02 Å². The van der Waals surface area contributed by atoms with Crippen LogP contribution in [-0.2, 0) is 4.74 Å². The van der Waals surface area contributed by atoms with Gasteiger partial charge in [-0.05, 0) is 37.1 Å². The number of anilines is 1. The van der Waals surface area contributed by atoms with Crippen molar-refractivity contribution in [2.45, 2.75) is 25.5 Å². The predicted molar refractivity (Wildman–Crippen MR) is 92.5 cm³/mol. The SMILES string of the molecule is Cc1cc(NC(=O)N[C@@H]2CCO[C@@H]2c2ccc(Cl)cc2)c[nH]c1=O. The Kier molecular flexibility index (Phi) is 4.87. The molecule has 3 rings (SSSR count). The van der Waals surface area contributed by atoms with Gasteiger partial charge in [0.05, 0.1) is 11.7 Å². The zero-order valence-corrected chi connectivity index (χ0v) is 13.9. The Balaban J connectivity index is 1.65. The summed E-state index contributed by atoms with van der Waals surface area (Å²) in [6, 6.07) is 8.57. The van der Waals surface area contributed by atoms with Crippen molar-refractivity contribution in [3.63, 3.8) is 0 Å². The van der Waals surface area contributed by atoms with Gasteiger partial charge in [-0.1, -0.05) is 23.7 Å². The van der Waals surface area contributed by atoms with Crippen molar-refractivity contribution in [2.24, 2.45) is 0 Å². The van der Waals surface area contributed by atoms with Gasteiger partial charge in [-0.3, -0.25) is 4.79 Å². The standard InChI is InChI=1S/C17H18ClN3O3/c1-10-8-13(9-19-16(10)22)20-17(23)21-14-6-7-24-15(14)11-2-4-12(18)5-3-11/h2-5,8-9,14-15H,6-7H2,1H3,(H,19,22)(H2,20,21,23)/t14-,15-/m1/s1. The molecule has 0 aliphatic carbocycles. The minimum atomic E-state index is -0.337. The van der Waals surface area contributed by atoms with Crippen LogP contribution in [0.3, 0.4) is 0 Å². The molecule has 1 aliphatic rings. The Labute approximate surface area is 144 Å². The van der Waals surface area contributed by atoms with Gasteiger partial charge in [0.1, 0.15) is 6.10 Å². The number of pyridine rings is 1. The first-order chi connectivity index (χ1) is 11.5. The molecular formula is C17H18ClN3O3. The maximum Gasteiger partial charge on any atom is 0.319 e. The monoisotopic (exact) mass is 347 g/mol. The molecule has 7 heteroatoms. The van der Waals surface area contributed by atoms with E-state index in [0.717, 1.165) is 12.0 Å². The van der Waals surface area contributed by atoms with Gasteiger partial charge in [0, 0.05) is 23.4 Å². The first-order valence-electron chi connectivity index (χ1n) is 7.67. The molecule has 2 atom stereocenters. The molecule has 24 heavy (non-hydrogen) atoms. The van der Waals surface area contributed by atoms with E-state index in [4.69, 9.17) is 16.3 Å². The third kappa shape index (κ3) is 3.77. The molecule has 0 spiro atoms. The van der Waals surface area contributed by atoms with Crippen molar-refractivity contribution < 1.29 is 9.53 Å². The van der Waals surface area contributed by atoms with Crippen molar-refractivity contribution in [1.29, 1.82) is 0 Å². The molecular weight excluding hydrogens is 330 g/mol. The molecule has 3 N–H and O–H groups in total. The first-order valence-corrected chi connectivity index (χ1v) is 8.04. The first kappa shape index (κ1) is 16.5. The second kappa shape index (κ2) is 7.07. The highest BCUT2D eigenvalue weighted by molar-refractivity contribution is 6.30. The van der Waals surface area contributed by atoms with E-state index in [1.54, 1.807) is 25.1 Å². The zero-order valence-electron chi connectivity index (χ0n) is 13.1. The molecule has 1 aliphatic heterocycles. The summed E-state index contributed by atoms with van der Waals surface area (Å²) >= 11 is 5.91. The van der Waals surface area contributed by atoms with E-state index in [0.29, 0.717) is 22.9 Å². The van der Waals surface area contributed by atoms with Crippen LogP contribution < -0.4 is 16.2 Å². The number of benzene rings is 1. The number of aryl methyl sites for hydroxylation is 1. The molecule has 0 radical (unpaired) electrons. The van der Waals surface area contributed by atoms with Crippen LogP contribution in [0.4, 0.5) is 10.5 Å². The van der Waals surface area contributed by atoms with Crippen LogP contribution in [0, 0.1) is 6.92 Å². The lowest BCUT2D eigenvalue weighted by Crippen LogP contribution is -2.39. The van der Waals surface area contributed by atoms with Gasteiger partial charge in [-0.25, -0.2) is 4.79 Å². The van der Waals surface area contributed by atoms with Crippen molar-refractivity contribution >= 4 is 23.3 Å². The minimum absolute atomic E-state index is 0.130. The number of aromatic nitrogens is 1. The van der Waals surface area contributed by atoms with Crippen LogP contribution in [-0.4, -0.2) is 23.7 Å². The Bertz CT molecular complexity index is 788. The maximum absolute atomic E-state index is 12.2. The molecule has 0 saturated carbocycles. The Morgan fingerprint density at radius 3 is 2.79 bits per heavy atom. The average molecular weight is 348 g/mol. The summed E-state index contributed by atoms with van der Waals surface area (Å²) in [5.41, 5.74) is 1.87. The normalized spacial score (nSPS) is 19.9. The molecule has 0 bridgehead atoms. The fourth-order valence-electron chi connectivity index (χ4n) is 2.72. The number of urea groups is 1. The van der Waals surface area contributed by atoms with Crippen LogP contribution in [0.5, 0.6) is 0 Å². The summed E-state index contributed by atoms with van der Waals surface area (Å²) in [6.07, 6.45) is 1.99. The minimum Gasteiger partial charge on any atom is -0.371 e. The number of carbonyl (C=O) groups is 1. The lowest BCUT2D eigenvalue weighted by Gasteiger charge is -2.20. The highest BCUT2D eigenvalue weighted by atomic mass is 35.5. The number of nitrogens with one attached hydrogen (secondary N) is 3. The zero-order chi connectivity index (χ0) is 17.1. The lowest BCUT2D eigenvalue weighted by atomic mass is 10.0. The number of hydrogen-bond acceptors (Lipinski definition) is 3. The maximum atomic E-state index is 12.2. The number of halogens is 1. The number of carbonyl (C=O) groups excluding carboxylic acids is 1. The van der Waals surface area contributed by atoms with Crippen LogP contribution in [0.25, 0.3) is 0 Å². The van der Waals surface area contributed by atoms with E-state index < -0.39 is 0 Å². The quantitative estimate of drug-likeness (QED) is 0.798.